The number of amides is 1. The summed E-state index contributed by atoms with van der Waals surface area (Å²) in [6, 6.07) is 9.71. The van der Waals surface area contributed by atoms with E-state index in [1.54, 1.807) is 36.7 Å². The smallest absolute Gasteiger partial charge is 0.254 e. The Morgan fingerprint density at radius 3 is 2.80 bits per heavy atom. The van der Waals surface area contributed by atoms with Crippen molar-refractivity contribution in [1.29, 1.82) is 0 Å². The monoisotopic (exact) mass is 426 g/mol. The van der Waals surface area contributed by atoms with E-state index in [0.29, 0.717) is 47.6 Å². The van der Waals surface area contributed by atoms with E-state index in [0.717, 1.165) is 19.0 Å². The molecule has 1 amide bonds. The van der Waals surface area contributed by atoms with Gasteiger partial charge in [0.1, 0.15) is 5.82 Å². The van der Waals surface area contributed by atoms with Gasteiger partial charge in [0.2, 0.25) is 5.88 Å². The highest BCUT2D eigenvalue weighted by Crippen LogP contribution is 2.27. The highest BCUT2D eigenvalue weighted by atomic mass is 35.5. The Bertz CT molecular complexity index is 1020. The Morgan fingerprint density at radius 2 is 2.03 bits per heavy atom. The molecule has 6 nitrogen and oxygen atoms in total. The molecule has 3 aromatic rings. The number of carbonyl (C=O) groups is 1. The van der Waals surface area contributed by atoms with Crippen molar-refractivity contribution < 1.29 is 13.9 Å². The third-order valence-electron chi connectivity index (χ3n) is 4.99. The van der Waals surface area contributed by atoms with E-state index >= 15 is 0 Å². The number of hydrogen-bond acceptors (Lipinski definition) is 5. The Morgan fingerprint density at radius 1 is 1.20 bits per heavy atom. The predicted molar refractivity (Wildman–Crippen MR) is 111 cm³/mol. The van der Waals surface area contributed by atoms with Crippen molar-refractivity contribution in [1.82, 2.24) is 19.9 Å². The van der Waals surface area contributed by atoms with E-state index < -0.39 is 5.82 Å². The molecule has 30 heavy (non-hydrogen) atoms. The molecule has 1 unspecified atom stereocenters. The molecule has 1 fully saturated rings. The molecule has 3 heterocycles. The maximum absolute atomic E-state index is 13.3. The van der Waals surface area contributed by atoms with Gasteiger partial charge >= 0.3 is 0 Å². The van der Waals surface area contributed by atoms with Gasteiger partial charge in [-0.2, -0.15) is 0 Å². The number of pyridine rings is 1. The third-order valence-corrected chi connectivity index (χ3v) is 5.23. The number of aromatic nitrogens is 3. The van der Waals surface area contributed by atoms with Crippen LogP contribution in [-0.4, -0.2) is 45.5 Å². The lowest BCUT2D eigenvalue weighted by atomic mass is 9.97. The lowest BCUT2D eigenvalue weighted by molar-refractivity contribution is 0.0632. The van der Waals surface area contributed by atoms with Crippen molar-refractivity contribution in [3.05, 3.63) is 71.4 Å². The van der Waals surface area contributed by atoms with Crippen molar-refractivity contribution in [2.45, 2.75) is 12.8 Å². The number of likely N-dealkylation sites (tertiary alicyclic amines) is 1. The number of hydrogen-bond donors (Lipinski definition) is 0. The van der Waals surface area contributed by atoms with Crippen LogP contribution < -0.4 is 4.74 Å². The van der Waals surface area contributed by atoms with E-state index in [1.165, 1.54) is 12.1 Å². The van der Waals surface area contributed by atoms with Gasteiger partial charge in [-0.3, -0.25) is 4.79 Å². The van der Waals surface area contributed by atoms with E-state index in [9.17, 15) is 9.18 Å². The van der Waals surface area contributed by atoms with Crippen LogP contribution in [0.25, 0.3) is 11.4 Å². The zero-order valence-electron chi connectivity index (χ0n) is 16.2. The number of ether oxygens (including phenoxy) is 1. The summed E-state index contributed by atoms with van der Waals surface area (Å²) in [5.74, 6) is 0.501. The van der Waals surface area contributed by atoms with Gasteiger partial charge in [-0.1, -0.05) is 11.6 Å². The van der Waals surface area contributed by atoms with E-state index in [1.807, 2.05) is 4.90 Å². The first-order valence-corrected chi connectivity index (χ1v) is 10.1. The molecule has 0 bridgehead atoms. The van der Waals surface area contributed by atoms with Crippen LogP contribution >= 0.6 is 11.6 Å². The van der Waals surface area contributed by atoms with Gasteiger partial charge in [0.15, 0.2) is 5.82 Å². The van der Waals surface area contributed by atoms with Crippen molar-refractivity contribution in [3.63, 3.8) is 0 Å². The van der Waals surface area contributed by atoms with Crippen LogP contribution in [0.4, 0.5) is 4.39 Å². The average molecular weight is 427 g/mol. The Balaban J connectivity index is 1.48. The fourth-order valence-corrected chi connectivity index (χ4v) is 3.71. The lowest BCUT2D eigenvalue weighted by Crippen LogP contribution is -2.41. The summed E-state index contributed by atoms with van der Waals surface area (Å²) in [4.78, 5) is 27.6. The summed E-state index contributed by atoms with van der Waals surface area (Å²) < 4.78 is 18.7. The van der Waals surface area contributed by atoms with Crippen LogP contribution in [0.15, 0.2) is 55.0 Å². The fourth-order valence-electron chi connectivity index (χ4n) is 3.53. The second-order valence-electron chi connectivity index (χ2n) is 7.15. The summed E-state index contributed by atoms with van der Waals surface area (Å²) in [5.41, 5.74) is 1.13. The van der Waals surface area contributed by atoms with Crippen molar-refractivity contribution in [3.8, 4) is 17.3 Å². The largest absolute Gasteiger partial charge is 0.477 e. The molecule has 1 saturated heterocycles. The number of benzene rings is 1. The van der Waals surface area contributed by atoms with Crippen molar-refractivity contribution in [2.24, 2.45) is 5.92 Å². The van der Waals surface area contributed by atoms with Crippen LogP contribution in [0.3, 0.4) is 0 Å². The zero-order chi connectivity index (χ0) is 20.9. The van der Waals surface area contributed by atoms with Crippen LogP contribution in [0.1, 0.15) is 23.2 Å². The molecule has 1 aliphatic rings. The average Bonchev–Trinajstić information content (AvgIpc) is 2.79. The first-order chi connectivity index (χ1) is 14.6. The molecule has 0 spiro atoms. The number of rotatable bonds is 5. The SMILES string of the molecule is O=C(c1cc(Cl)ccc1-c1ncccn1)N1CCCC(COc2ccc(F)cn2)C1. The lowest BCUT2D eigenvalue weighted by Gasteiger charge is -2.33. The van der Waals surface area contributed by atoms with Gasteiger partial charge in [-0.25, -0.2) is 19.3 Å². The van der Waals surface area contributed by atoms with Crippen molar-refractivity contribution in [2.75, 3.05) is 19.7 Å². The molecule has 1 aromatic carbocycles. The minimum atomic E-state index is -0.406. The highest BCUT2D eigenvalue weighted by Gasteiger charge is 2.27. The molecule has 0 radical (unpaired) electrons. The van der Waals surface area contributed by atoms with E-state index in [-0.39, 0.29) is 11.8 Å². The number of piperidine rings is 1. The number of carbonyl (C=O) groups excluding carboxylic acids is 1. The Hall–Kier alpha value is -3.06. The molecule has 0 aliphatic carbocycles. The van der Waals surface area contributed by atoms with Gasteiger partial charge in [0, 0.05) is 48.1 Å². The van der Waals surface area contributed by atoms with Gasteiger partial charge in [-0.05, 0) is 43.2 Å². The first-order valence-electron chi connectivity index (χ1n) is 9.71. The Labute approximate surface area is 178 Å². The molecule has 2 aromatic heterocycles. The number of nitrogens with zero attached hydrogens (tertiary/aromatic N) is 4. The quantitative estimate of drug-likeness (QED) is 0.609. The minimum Gasteiger partial charge on any atom is -0.477 e. The highest BCUT2D eigenvalue weighted by molar-refractivity contribution is 6.31. The molecule has 4 rings (SSSR count). The second-order valence-corrected chi connectivity index (χ2v) is 7.58. The van der Waals surface area contributed by atoms with Crippen molar-refractivity contribution >= 4 is 17.5 Å². The standard InChI is InChI=1S/C22H20ClFN4O2/c23-16-4-6-18(21-25-8-2-9-26-21)19(11-16)22(29)28-10-1-3-15(13-28)14-30-20-7-5-17(24)12-27-20/h2,4-9,11-12,15H,1,3,10,13-14H2. The van der Waals surface area contributed by atoms with Crippen LogP contribution in [0.5, 0.6) is 5.88 Å². The summed E-state index contributed by atoms with van der Waals surface area (Å²) >= 11 is 6.18. The molecule has 8 heteroatoms. The van der Waals surface area contributed by atoms with E-state index in [4.69, 9.17) is 16.3 Å². The molecular weight excluding hydrogens is 407 g/mol. The normalized spacial score (nSPS) is 16.3. The predicted octanol–water partition coefficient (Wildman–Crippen LogP) is 4.26. The molecule has 0 saturated carbocycles. The molecule has 154 valence electrons. The second kappa shape index (κ2) is 9.17. The maximum atomic E-state index is 13.3. The van der Waals surface area contributed by atoms with Gasteiger partial charge in [0.05, 0.1) is 18.4 Å². The van der Waals surface area contributed by atoms with Crippen LogP contribution in [-0.2, 0) is 0 Å². The summed E-state index contributed by atoms with van der Waals surface area (Å²) in [6.45, 7) is 1.62. The van der Waals surface area contributed by atoms with Gasteiger partial charge < -0.3 is 9.64 Å². The summed E-state index contributed by atoms with van der Waals surface area (Å²) in [6.07, 6.45) is 6.22. The van der Waals surface area contributed by atoms with Gasteiger partial charge in [0.25, 0.3) is 5.91 Å². The van der Waals surface area contributed by atoms with Crippen LogP contribution in [0, 0.1) is 11.7 Å². The Kier molecular flexibility index (Phi) is 6.18. The topological polar surface area (TPSA) is 68.2 Å². The zero-order valence-corrected chi connectivity index (χ0v) is 16.9. The van der Waals surface area contributed by atoms with Crippen LogP contribution in [0.2, 0.25) is 5.02 Å². The minimum absolute atomic E-state index is 0.107. The summed E-state index contributed by atoms with van der Waals surface area (Å²) in [7, 11) is 0. The maximum Gasteiger partial charge on any atom is 0.254 e. The third kappa shape index (κ3) is 4.74. The van der Waals surface area contributed by atoms with Gasteiger partial charge in [-0.15, -0.1) is 0 Å². The molecule has 0 N–H and O–H groups in total. The molecule has 1 aliphatic heterocycles. The first kappa shape index (κ1) is 20.2. The van der Waals surface area contributed by atoms with E-state index in [2.05, 4.69) is 15.0 Å². The molecule has 1 atom stereocenters. The summed E-state index contributed by atoms with van der Waals surface area (Å²) in [5, 5.41) is 0.484. The fraction of sp³-hybridized carbons (Fsp3) is 0.273. The number of halogens is 2. The molecular formula is C22H20ClFN4O2.